The van der Waals surface area contributed by atoms with E-state index in [0.29, 0.717) is 16.7 Å². The van der Waals surface area contributed by atoms with Gasteiger partial charge in [0.1, 0.15) is 17.7 Å². The van der Waals surface area contributed by atoms with Crippen molar-refractivity contribution in [3.8, 4) is 5.75 Å². The molecule has 1 aliphatic carbocycles. The van der Waals surface area contributed by atoms with Gasteiger partial charge in [-0.1, -0.05) is 24.1 Å². The molecule has 26 heavy (non-hydrogen) atoms. The van der Waals surface area contributed by atoms with E-state index in [1.54, 1.807) is 18.2 Å². The van der Waals surface area contributed by atoms with Crippen molar-refractivity contribution in [3.05, 3.63) is 41.7 Å². The van der Waals surface area contributed by atoms with Gasteiger partial charge in [-0.3, -0.25) is 9.10 Å². The van der Waals surface area contributed by atoms with Crippen molar-refractivity contribution >= 4 is 28.7 Å². The Balaban J connectivity index is 1.52. The fraction of sp³-hybridized carbons (Fsp3) is 0.450. The molecule has 2 aromatic rings. The second-order valence-corrected chi connectivity index (χ2v) is 8.47. The number of rotatable bonds is 6. The molecule has 0 aromatic heterocycles. The standard InChI is InChI=1S/C20H22FNO3S/c21-15-2-1-14-9-13(11-20(23)24)10-19(18(14)12-15)25-16-5-7-22(8-6-16)26-17-3-4-17/h1-2,9-10,12,16-17H,3-8,11H2,(H,23,24). The molecule has 0 atom stereocenters. The maximum absolute atomic E-state index is 13.7. The Morgan fingerprint density at radius 1 is 1.19 bits per heavy atom. The molecular weight excluding hydrogens is 353 g/mol. The quantitative estimate of drug-likeness (QED) is 0.765. The second kappa shape index (κ2) is 7.45. The Hall–Kier alpha value is -1.79. The SMILES string of the molecule is O=C(O)Cc1cc(OC2CCN(SC3CC3)CC2)c2cc(F)ccc2c1. The summed E-state index contributed by atoms with van der Waals surface area (Å²) in [5.74, 6) is -0.613. The first-order chi connectivity index (χ1) is 12.6. The fourth-order valence-corrected chi connectivity index (χ4v) is 4.54. The highest BCUT2D eigenvalue weighted by Crippen LogP contribution is 2.38. The van der Waals surface area contributed by atoms with Gasteiger partial charge in [0.15, 0.2) is 0 Å². The lowest BCUT2D eigenvalue weighted by Gasteiger charge is -2.31. The number of nitrogens with zero attached hydrogens (tertiary/aromatic N) is 1. The van der Waals surface area contributed by atoms with Crippen molar-refractivity contribution in [2.75, 3.05) is 13.1 Å². The van der Waals surface area contributed by atoms with Crippen LogP contribution in [0, 0.1) is 5.82 Å². The van der Waals surface area contributed by atoms with Gasteiger partial charge in [0, 0.05) is 23.7 Å². The monoisotopic (exact) mass is 375 g/mol. The molecule has 4 rings (SSSR count). The Bertz CT molecular complexity index is 816. The maximum Gasteiger partial charge on any atom is 0.307 e. The fourth-order valence-electron chi connectivity index (χ4n) is 3.35. The lowest BCUT2D eigenvalue weighted by molar-refractivity contribution is -0.136. The second-order valence-electron chi connectivity index (χ2n) is 7.08. The Kier molecular flexibility index (Phi) is 5.05. The van der Waals surface area contributed by atoms with Crippen molar-refractivity contribution in [2.45, 2.75) is 43.5 Å². The van der Waals surface area contributed by atoms with Crippen LogP contribution in [0.15, 0.2) is 30.3 Å². The van der Waals surface area contributed by atoms with Gasteiger partial charge in [-0.2, -0.15) is 0 Å². The van der Waals surface area contributed by atoms with Crippen LogP contribution in [0.1, 0.15) is 31.2 Å². The number of ether oxygens (including phenoxy) is 1. The van der Waals surface area contributed by atoms with Crippen LogP contribution in [0.3, 0.4) is 0 Å². The summed E-state index contributed by atoms with van der Waals surface area (Å²) in [6.07, 6.45) is 4.53. The molecule has 138 valence electrons. The van der Waals surface area contributed by atoms with E-state index in [1.165, 1.54) is 25.0 Å². The van der Waals surface area contributed by atoms with Gasteiger partial charge in [0.05, 0.1) is 6.42 Å². The molecule has 0 amide bonds. The molecule has 2 aromatic carbocycles. The molecule has 2 aliphatic rings. The number of piperidine rings is 1. The van der Waals surface area contributed by atoms with Crippen molar-refractivity contribution in [3.63, 3.8) is 0 Å². The number of carboxylic acids is 1. The minimum absolute atomic E-state index is 0.0693. The molecular formula is C20H22FNO3S. The number of benzene rings is 2. The minimum Gasteiger partial charge on any atom is -0.490 e. The number of fused-ring (bicyclic) bond motifs is 1. The molecule has 1 saturated carbocycles. The number of hydrogen-bond acceptors (Lipinski definition) is 4. The van der Waals surface area contributed by atoms with E-state index in [0.717, 1.165) is 36.6 Å². The molecule has 6 heteroatoms. The van der Waals surface area contributed by atoms with Gasteiger partial charge in [0.2, 0.25) is 0 Å². The van der Waals surface area contributed by atoms with Crippen molar-refractivity contribution < 1.29 is 19.0 Å². The number of carbonyl (C=O) groups is 1. The van der Waals surface area contributed by atoms with Crippen LogP contribution in [-0.4, -0.2) is 39.8 Å². The summed E-state index contributed by atoms with van der Waals surface area (Å²) in [5.41, 5.74) is 0.674. The first-order valence-corrected chi connectivity index (χ1v) is 9.93. The third kappa shape index (κ3) is 4.30. The van der Waals surface area contributed by atoms with E-state index in [1.807, 2.05) is 11.9 Å². The molecule has 0 unspecified atom stereocenters. The van der Waals surface area contributed by atoms with Crippen LogP contribution >= 0.6 is 11.9 Å². The lowest BCUT2D eigenvalue weighted by Crippen LogP contribution is -2.34. The average molecular weight is 375 g/mol. The topological polar surface area (TPSA) is 49.8 Å². The zero-order chi connectivity index (χ0) is 18.1. The summed E-state index contributed by atoms with van der Waals surface area (Å²) >= 11 is 1.97. The molecule has 0 bridgehead atoms. The van der Waals surface area contributed by atoms with E-state index < -0.39 is 5.97 Å². The molecule has 1 N–H and O–H groups in total. The predicted molar refractivity (Wildman–Crippen MR) is 101 cm³/mol. The Morgan fingerprint density at radius 2 is 1.96 bits per heavy atom. The van der Waals surface area contributed by atoms with E-state index >= 15 is 0 Å². The highest BCUT2D eigenvalue weighted by Gasteiger charge is 2.28. The summed E-state index contributed by atoms with van der Waals surface area (Å²) in [6, 6.07) is 8.08. The Morgan fingerprint density at radius 3 is 2.65 bits per heavy atom. The Labute approximate surface area is 156 Å². The van der Waals surface area contributed by atoms with Crippen LogP contribution in [0.25, 0.3) is 10.8 Å². The zero-order valence-corrected chi connectivity index (χ0v) is 15.3. The van der Waals surface area contributed by atoms with Crippen LogP contribution in [0.2, 0.25) is 0 Å². The molecule has 0 spiro atoms. The molecule has 0 radical (unpaired) electrons. The average Bonchev–Trinajstić information content (AvgIpc) is 3.41. The zero-order valence-electron chi connectivity index (χ0n) is 14.5. The summed E-state index contributed by atoms with van der Waals surface area (Å²) in [5, 5.41) is 11.4. The molecule has 4 nitrogen and oxygen atoms in total. The lowest BCUT2D eigenvalue weighted by atomic mass is 10.0. The molecule has 1 saturated heterocycles. The summed E-state index contributed by atoms with van der Waals surface area (Å²) in [7, 11) is 0. The summed E-state index contributed by atoms with van der Waals surface area (Å²) in [6.45, 7) is 1.99. The maximum atomic E-state index is 13.7. The van der Waals surface area contributed by atoms with E-state index in [4.69, 9.17) is 9.84 Å². The smallest absolute Gasteiger partial charge is 0.307 e. The van der Waals surface area contributed by atoms with Crippen LogP contribution in [0.4, 0.5) is 4.39 Å². The van der Waals surface area contributed by atoms with Gasteiger partial charge in [-0.15, -0.1) is 0 Å². The normalized spacial score (nSPS) is 19.0. The highest BCUT2D eigenvalue weighted by atomic mass is 32.2. The number of carboxylic acid groups (broad SMARTS) is 1. The third-order valence-electron chi connectivity index (χ3n) is 4.81. The predicted octanol–water partition coefficient (Wildman–Crippen LogP) is 4.26. The summed E-state index contributed by atoms with van der Waals surface area (Å²) < 4.78 is 22.4. The molecule has 1 aliphatic heterocycles. The van der Waals surface area contributed by atoms with Gasteiger partial charge in [-0.25, -0.2) is 4.39 Å². The van der Waals surface area contributed by atoms with Crippen LogP contribution in [-0.2, 0) is 11.2 Å². The van der Waals surface area contributed by atoms with E-state index in [-0.39, 0.29) is 18.3 Å². The van der Waals surface area contributed by atoms with Crippen molar-refractivity contribution in [2.24, 2.45) is 0 Å². The first-order valence-electron chi connectivity index (χ1n) is 9.09. The van der Waals surface area contributed by atoms with Crippen LogP contribution < -0.4 is 4.74 Å². The van der Waals surface area contributed by atoms with Gasteiger partial charge in [-0.05, 0) is 54.8 Å². The summed E-state index contributed by atoms with van der Waals surface area (Å²) in [4.78, 5) is 11.1. The van der Waals surface area contributed by atoms with Gasteiger partial charge in [0.25, 0.3) is 0 Å². The highest BCUT2D eigenvalue weighted by molar-refractivity contribution is 7.97. The molecule has 2 fully saturated rings. The number of aliphatic carboxylic acids is 1. The largest absolute Gasteiger partial charge is 0.490 e. The third-order valence-corrected chi connectivity index (χ3v) is 6.24. The van der Waals surface area contributed by atoms with Crippen molar-refractivity contribution in [1.29, 1.82) is 0 Å². The first kappa shape index (κ1) is 17.6. The van der Waals surface area contributed by atoms with E-state index in [9.17, 15) is 9.18 Å². The molecule has 1 heterocycles. The minimum atomic E-state index is -0.886. The van der Waals surface area contributed by atoms with Crippen LogP contribution in [0.5, 0.6) is 5.75 Å². The van der Waals surface area contributed by atoms with Crippen molar-refractivity contribution in [1.82, 2.24) is 4.31 Å². The number of hydrogen-bond donors (Lipinski definition) is 1. The number of halogens is 1. The van der Waals surface area contributed by atoms with Gasteiger partial charge >= 0.3 is 5.97 Å². The van der Waals surface area contributed by atoms with E-state index in [2.05, 4.69) is 4.31 Å². The van der Waals surface area contributed by atoms with Gasteiger partial charge < -0.3 is 9.84 Å².